The van der Waals surface area contributed by atoms with Gasteiger partial charge in [0, 0.05) is 21.2 Å². The Hall–Kier alpha value is -2.12. The van der Waals surface area contributed by atoms with Crippen LogP contribution in [-0.2, 0) is 4.79 Å². The molecule has 2 aromatic carbocycles. The third kappa shape index (κ3) is 4.67. The number of benzene rings is 2. The van der Waals surface area contributed by atoms with Crippen molar-refractivity contribution in [2.24, 2.45) is 0 Å². The standard InChI is InChI=1S/C15H13BrClN3O3/c1-9-6-10(16)2-4-12(9)19-15(21)8-18-13-5-3-11(17)7-14(13)20(22)23/h2-7,18H,8H2,1H3,(H,19,21). The first-order valence-electron chi connectivity index (χ1n) is 6.60. The molecular weight excluding hydrogens is 386 g/mol. The van der Waals surface area contributed by atoms with Crippen LogP contribution in [0.2, 0.25) is 5.02 Å². The van der Waals surface area contributed by atoms with Crippen LogP contribution in [0, 0.1) is 17.0 Å². The van der Waals surface area contributed by atoms with Crippen molar-refractivity contribution >= 4 is 50.5 Å². The van der Waals surface area contributed by atoms with Crippen LogP contribution in [-0.4, -0.2) is 17.4 Å². The Balaban J connectivity index is 2.03. The highest BCUT2D eigenvalue weighted by atomic mass is 79.9. The van der Waals surface area contributed by atoms with Crippen LogP contribution in [0.1, 0.15) is 5.56 Å². The molecule has 120 valence electrons. The Labute approximate surface area is 146 Å². The number of nitro benzene ring substituents is 1. The number of hydrogen-bond acceptors (Lipinski definition) is 4. The molecule has 2 aromatic rings. The minimum Gasteiger partial charge on any atom is -0.371 e. The summed E-state index contributed by atoms with van der Waals surface area (Å²) in [4.78, 5) is 22.4. The predicted molar refractivity (Wildman–Crippen MR) is 94.1 cm³/mol. The van der Waals surface area contributed by atoms with Gasteiger partial charge in [-0.3, -0.25) is 14.9 Å². The van der Waals surface area contributed by atoms with Gasteiger partial charge in [-0.1, -0.05) is 27.5 Å². The van der Waals surface area contributed by atoms with E-state index in [1.807, 2.05) is 19.1 Å². The van der Waals surface area contributed by atoms with Crippen LogP contribution in [0.15, 0.2) is 40.9 Å². The van der Waals surface area contributed by atoms with E-state index < -0.39 is 4.92 Å². The zero-order valence-electron chi connectivity index (χ0n) is 12.1. The monoisotopic (exact) mass is 397 g/mol. The fourth-order valence-electron chi connectivity index (χ4n) is 1.94. The predicted octanol–water partition coefficient (Wildman–Crippen LogP) is 4.37. The molecule has 0 saturated heterocycles. The van der Waals surface area contributed by atoms with Crippen molar-refractivity contribution in [3.05, 3.63) is 61.6 Å². The summed E-state index contributed by atoms with van der Waals surface area (Å²) in [6.45, 7) is 1.77. The number of nitrogens with one attached hydrogen (secondary N) is 2. The molecule has 0 aromatic heterocycles. The number of aryl methyl sites for hydroxylation is 1. The Morgan fingerprint density at radius 3 is 2.61 bits per heavy atom. The first kappa shape index (κ1) is 17.2. The Kier molecular flexibility index (Phi) is 5.57. The van der Waals surface area contributed by atoms with Gasteiger partial charge in [-0.05, 0) is 42.8 Å². The van der Waals surface area contributed by atoms with Gasteiger partial charge in [0.1, 0.15) is 5.69 Å². The van der Waals surface area contributed by atoms with Crippen LogP contribution in [0.4, 0.5) is 17.1 Å². The summed E-state index contributed by atoms with van der Waals surface area (Å²) in [6, 6.07) is 9.71. The first-order chi connectivity index (χ1) is 10.9. The normalized spacial score (nSPS) is 10.2. The Bertz CT molecular complexity index is 768. The van der Waals surface area contributed by atoms with Crippen LogP contribution >= 0.6 is 27.5 Å². The Morgan fingerprint density at radius 2 is 1.96 bits per heavy atom. The van der Waals surface area contributed by atoms with Crippen molar-refractivity contribution in [1.29, 1.82) is 0 Å². The minimum atomic E-state index is -0.551. The number of rotatable bonds is 5. The molecule has 0 bridgehead atoms. The van der Waals surface area contributed by atoms with Crippen LogP contribution in [0.25, 0.3) is 0 Å². The number of amides is 1. The lowest BCUT2D eigenvalue weighted by Gasteiger charge is -2.10. The lowest BCUT2D eigenvalue weighted by molar-refractivity contribution is -0.383. The molecule has 1 amide bonds. The molecule has 6 nitrogen and oxygen atoms in total. The molecule has 0 aliphatic rings. The average Bonchev–Trinajstić information content (AvgIpc) is 2.48. The highest BCUT2D eigenvalue weighted by molar-refractivity contribution is 9.10. The molecule has 0 radical (unpaired) electrons. The van der Waals surface area contributed by atoms with E-state index in [0.717, 1.165) is 10.0 Å². The second-order valence-electron chi connectivity index (χ2n) is 4.78. The molecule has 0 saturated carbocycles. The van der Waals surface area contributed by atoms with E-state index in [1.54, 1.807) is 6.07 Å². The summed E-state index contributed by atoms with van der Waals surface area (Å²) in [5.41, 5.74) is 1.66. The molecule has 8 heteroatoms. The number of carbonyl (C=O) groups is 1. The van der Waals surface area contributed by atoms with E-state index in [4.69, 9.17) is 11.6 Å². The van der Waals surface area contributed by atoms with Crippen molar-refractivity contribution in [2.75, 3.05) is 17.2 Å². The molecule has 0 fully saturated rings. The van der Waals surface area contributed by atoms with Crippen LogP contribution in [0.3, 0.4) is 0 Å². The van der Waals surface area contributed by atoms with Crippen molar-refractivity contribution in [3.63, 3.8) is 0 Å². The van der Waals surface area contributed by atoms with Crippen molar-refractivity contribution < 1.29 is 9.72 Å². The van der Waals surface area contributed by atoms with E-state index in [2.05, 4.69) is 26.6 Å². The van der Waals surface area contributed by atoms with Gasteiger partial charge in [0.2, 0.25) is 5.91 Å². The maximum absolute atomic E-state index is 12.0. The summed E-state index contributed by atoms with van der Waals surface area (Å²) < 4.78 is 0.919. The second kappa shape index (κ2) is 7.43. The SMILES string of the molecule is Cc1cc(Br)ccc1NC(=O)CNc1ccc(Cl)cc1[N+](=O)[O-]. The van der Waals surface area contributed by atoms with Gasteiger partial charge < -0.3 is 10.6 Å². The minimum absolute atomic E-state index is 0.0992. The number of nitro groups is 1. The van der Waals surface area contributed by atoms with E-state index >= 15 is 0 Å². The molecule has 2 N–H and O–H groups in total. The van der Waals surface area contributed by atoms with E-state index in [0.29, 0.717) is 5.69 Å². The zero-order chi connectivity index (χ0) is 17.0. The summed E-state index contributed by atoms with van der Waals surface area (Å²) >= 11 is 9.10. The molecule has 0 heterocycles. The third-order valence-electron chi connectivity index (χ3n) is 3.06. The van der Waals surface area contributed by atoms with E-state index in [9.17, 15) is 14.9 Å². The maximum Gasteiger partial charge on any atom is 0.293 e. The summed E-state index contributed by atoms with van der Waals surface area (Å²) in [6.07, 6.45) is 0. The quantitative estimate of drug-likeness (QED) is 0.578. The number of carbonyl (C=O) groups excluding carboxylic acids is 1. The number of hydrogen-bond donors (Lipinski definition) is 2. The molecule has 2 rings (SSSR count). The fourth-order valence-corrected chi connectivity index (χ4v) is 2.58. The molecule has 0 unspecified atom stereocenters. The molecule has 0 aliphatic carbocycles. The van der Waals surface area contributed by atoms with Crippen LogP contribution in [0.5, 0.6) is 0 Å². The first-order valence-corrected chi connectivity index (χ1v) is 7.77. The highest BCUT2D eigenvalue weighted by Crippen LogP contribution is 2.27. The summed E-state index contributed by atoms with van der Waals surface area (Å²) in [5, 5.41) is 16.8. The van der Waals surface area contributed by atoms with Gasteiger partial charge in [-0.25, -0.2) is 0 Å². The topological polar surface area (TPSA) is 84.3 Å². The van der Waals surface area contributed by atoms with Crippen molar-refractivity contribution in [3.8, 4) is 0 Å². The number of anilines is 2. The largest absolute Gasteiger partial charge is 0.371 e. The lowest BCUT2D eigenvalue weighted by Crippen LogP contribution is -2.22. The van der Waals surface area contributed by atoms with Crippen LogP contribution < -0.4 is 10.6 Å². The van der Waals surface area contributed by atoms with Gasteiger partial charge in [0.25, 0.3) is 5.69 Å². The number of nitrogens with zero attached hydrogens (tertiary/aromatic N) is 1. The van der Waals surface area contributed by atoms with Gasteiger partial charge in [-0.2, -0.15) is 0 Å². The van der Waals surface area contributed by atoms with E-state index in [1.165, 1.54) is 18.2 Å². The van der Waals surface area contributed by atoms with Gasteiger partial charge in [0.15, 0.2) is 0 Å². The number of halogens is 2. The zero-order valence-corrected chi connectivity index (χ0v) is 14.4. The fraction of sp³-hybridized carbons (Fsp3) is 0.133. The molecule has 0 atom stereocenters. The summed E-state index contributed by atoms with van der Waals surface area (Å²) in [5.74, 6) is -0.306. The maximum atomic E-state index is 12.0. The third-order valence-corrected chi connectivity index (χ3v) is 3.79. The molecule has 0 aliphatic heterocycles. The average molecular weight is 399 g/mol. The van der Waals surface area contributed by atoms with E-state index in [-0.39, 0.29) is 28.8 Å². The highest BCUT2D eigenvalue weighted by Gasteiger charge is 2.15. The van der Waals surface area contributed by atoms with Crippen molar-refractivity contribution in [1.82, 2.24) is 0 Å². The summed E-state index contributed by atoms with van der Waals surface area (Å²) in [7, 11) is 0. The van der Waals surface area contributed by atoms with Gasteiger partial charge >= 0.3 is 0 Å². The Morgan fingerprint density at radius 1 is 1.26 bits per heavy atom. The second-order valence-corrected chi connectivity index (χ2v) is 6.13. The van der Waals surface area contributed by atoms with Gasteiger partial charge in [-0.15, -0.1) is 0 Å². The molecule has 0 spiro atoms. The van der Waals surface area contributed by atoms with Crippen molar-refractivity contribution in [2.45, 2.75) is 6.92 Å². The molecular formula is C15H13BrClN3O3. The smallest absolute Gasteiger partial charge is 0.293 e. The van der Waals surface area contributed by atoms with Gasteiger partial charge in [0.05, 0.1) is 11.5 Å². The molecule has 23 heavy (non-hydrogen) atoms. The lowest BCUT2D eigenvalue weighted by atomic mass is 10.2.